The Bertz CT molecular complexity index is 3980. The van der Waals surface area contributed by atoms with Gasteiger partial charge in [0.25, 0.3) is 23.6 Å². The van der Waals surface area contributed by atoms with Gasteiger partial charge in [0.1, 0.15) is 0 Å². The smallest absolute Gasteiger partial charge is 0.657 e. The van der Waals surface area contributed by atoms with Gasteiger partial charge >= 0.3 is 41.4 Å². The van der Waals surface area contributed by atoms with Gasteiger partial charge in [0.2, 0.25) is 0 Å². The molecule has 6 aliphatic rings. The molecule has 8 amide bonds. The van der Waals surface area contributed by atoms with Gasteiger partial charge in [-0.05, 0) is 145 Å². The van der Waals surface area contributed by atoms with Crippen molar-refractivity contribution in [2.24, 2.45) is 0 Å². The number of benzene rings is 4. The summed E-state index contributed by atoms with van der Waals surface area (Å²) < 4.78 is 20.9. The Hall–Kier alpha value is -11.0. The van der Waals surface area contributed by atoms with Crippen molar-refractivity contribution in [1.29, 1.82) is 0 Å². The number of fused-ring (bicyclic) bond motifs is 8. The van der Waals surface area contributed by atoms with Crippen LogP contribution in [0.1, 0.15) is 91.9 Å². The zero-order valence-electron chi connectivity index (χ0n) is 56.6. The molecule has 4 saturated heterocycles. The Labute approximate surface area is 594 Å². The third kappa shape index (κ3) is 14.8. The van der Waals surface area contributed by atoms with E-state index in [2.05, 4.69) is 0 Å². The van der Waals surface area contributed by atoms with Gasteiger partial charge in [0.15, 0.2) is 0 Å². The Kier molecular flexibility index (Phi) is 21.5. The molecule has 4 aromatic carbocycles. The maximum atomic E-state index is 14.2. The Morgan fingerprint density at radius 2 is 0.465 bits per heavy atom. The van der Waals surface area contributed by atoms with E-state index in [-0.39, 0.29) is 67.1 Å². The standard InChI is InChI=1S/C76H77N12O12.Cu/c1-5-97-73(93)85-41-33-81(34-42-85)69(89)53-17-9-49(10-18-53)65-57-25-27-59(77-57)66(50-11-19-54(20-12-50)70(90)82-35-43-86(44-36-82)74(94)98-6-2)61-29-31-63(79-61)68(52-15-23-56(24-16-52)72(92)84-39-47-88(48-40-84)76(96)100-8-4)64-32-30-62(80-64)67(60-28-26-58(65)78-60)51-13-21-55(22-14-51)71(91)83-37-45-87(46-38-83)75(95)99-7-3;/h9-32H,5-8,33-48H2,1-4H3,(H-,77,78,79,80,89,90,91,92);/q-1;+2/p-1. The molecule has 1 radical (unpaired) electrons. The van der Waals surface area contributed by atoms with Gasteiger partial charge in [-0.1, -0.05) is 72.8 Å². The Morgan fingerprint density at radius 1 is 0.287 bits per heavy atom. The topological polar surface area (TPSA) is 253 Å². The Morgan fingerprint density at radius 3 is 0.644 bits per heavy atom. The van der Waals surface area contributed by atoms with Crippen molar-refractivity contribution in [3.05, 3.63) is 166 Å². The van der Waals surface area contributed by atoms with Crippen LogP contribution in [-0.4, -0.2) is 228 Å². The maximum Gasteiger partial charge on any atom is 2.00 e. The van der Waals surface area contributed by atoms with Crippen molar-refractivity contribution >= 4 is 94.4 Å². The van der Waals surface area contributed by atoms with Crippen LogP contribution in [0.25, 0.3) is 90.9 Å². The van der Waals surface area contributed by atoms with E-state index in [1.807, 2.05) is 97.1 Å². The van der Waals surface area contributed by atoms with E-state index in [0.717, 1.165) is 0 Å². The molecule has 101 heavy (non-hydrogen) atoms. The number of amides is 8. The summed E-state index contributed by atoms with van der Waals surface area (Å²) in [5.41, 5.74) is 11.8. The van der Waals surface area contributed by atoms with Crippen molar-refractivity contribution in [3.63, 3.8) is 0 Å². The van der Waals surface area contributed by atoms with Crippen molar-refractivity contribution in [1.82, 2.24) is 59.1 Å². The monoisotopic (exact) mass is 1410 g/mol. The zero-order chi connectivity index (χ0) is 69.6. The number of aromatic nitrogens is 4. The van der Waals surface area contributed by atoms with Crippen LogP contribution in [-0.2, 0) is 36.0 Å². The normalized spacial score (nSPS) is 15.2. The number of piperazine rings is 4. The van der Waals surface area contributed by atoms with Gasteiger partial charge in [0, 0.05) is 127 Å². The van der Waals surface area contributed by atoms with Crippen LogP contribution in [0.2, 0.25) is 0 Å². The maximum absolute atomic E-state index is 14.2. The minimum atomic E-state index is -0.404. The third-order valence-electron chi connectivity index (χ3n) is 18.7. The molecule has 25 heteroatoms. The second kappa shape index (κ2) is 31.0. The summed E-state index contributed by atoms with van der Waals surface area (Å²) >= 11 is 0. The number of carbonyl (C=O) groups excluding carboxylic acids is 8. The van der Waals surface area contributed by atoms with Gasteiger partial charge in [0.05, 0.1) is 49.2 Å². The quantitative estimate of drug-likeness (QED) is 0.0814. The molecule has 0 unspecified atom stereocenters. The SMILES string of the molecule is CCOC(=O)N1CCN(C(=O)c2ccc(-c3c4nc(c(-c5ccc(C(=O)N6CCN(C(=O)OCC)CC6)cc5)c5ccc([n-]5)c(-c5ccc(C(=O)N6CCN(C(=O)OCC)CC6)cc5)c5nc(c(-c6ccc(C(=O)N7CCN(C(=O)OCC)CC7)cc6)c6ccc3[n-]6)C=C5)C=C4)cc2)CC1.[Cu+2]. The molecular formula is C76H76CuN12O12. The minimum absolute atomic E-state index is 0. The van der Waals surface area contributed by atoms with Gasteiger partial charge in [-0.3, -0.25) is 19.2 Å². The van der Waals surface area contributed by atoms with Crippen LogP contribution in [0, 0.1) is 0 Å². The van der Waals surface area contributed by atoms with E-state index >= 15 is 0 Å². The summed E-state index contributed by atoms with van der Waals surface area (Å²) in [5.74, 6) is -0.713. The summed E-state index contributed by atoms with van der Waals surface area (Å²) in [7, 11) is 0. The van der Waals surface area contributed by atoms with Crippen LogP contribution >= 0.6 is 0 Å². The van der Waals surface area contributed by atoms with E-state index in [4.69, 9.17) is 38.9 Å². The van der Waals surface area contributed by atoms with Gasteiger partial charge in [-0.25, -0.2) is 29.1 Å². The molecule has 0 atom stereocenters. The number of hydrogen-bond donors (Lipinski definition) is 0. The number of rotatable bonds is 12. The van der Waals surface area contributed by atoms with Crippen LogP contribution in [0.3, 0.4) is 0 Å². The minimum Gasteiger partial charge on any atom is -0.657 e. The van der Waals surface area contributed by atoms with E-state index in [1.54, 1.807) is 115 Å². The molecule has 0 N–H and O–H groups in total. The second-order valence-electron chi connectivity index (χ2n) is 24.6. The molecule has 13 rings (SSSR count). The molecule has 4 fully saturated rings. The molecular weight excluding hydrogens is 1340 g/mol. The number of hydrogen-bond acceptors (Lipinski definition) is 14. The van der Waals surface area contributed by atoms with Crippen LogP contribution in [0.5, 0.6) is 0 Å². The van der Waals surface area contributed by atoms with Crippen LogP contribution in [0.15, 0.2) is 121 Å². The fraction of sp³-hybridized carbons (Fsp3) is 0.316. The van der Waals surface area contributed by atoms with Crippen LogP contribution in [0.4, 0.5) is 19.2 Å². The fourth-order valence-corrected chi connectivity index (χ4v) is 13.3. The molecule has 3 aromatic heterocycles. The average Bonchev–Trinajstić information content (AvgIpc) is 1.62. The van der Waals surface area contributed by atoms with E-state index in [1.165, 1.54) is 0 Å². The molecule has 0 saturated carbocycles. The van der Waals surface area contributed by atoms with Gasteiger partial charge in [-0.2, -0.15) is 0 Å². The molecule has 6 aliphatic heterocycles. The molecule has 0 spiro atoms. The number of ether oxygens (including phenoxy) is 4. The van der Waals surface area contributed by atoms with Crippen molar-refractivity contribution in [3.8, 4) is 44.5 Å². The molecule has 24 nitrogen and oxygen atoms in total. The molecule has 523 valence electrons. The Balaban J connectivity index is 0.00000965. The zero-order valence-corrected chi connectivity index (χ0v) is 57.5. The van der Waals surface area contributed by atoms with Crippen molar-refractivity contribution < 1.29 is 74.4 Å². The van der Waals surface area contributed by atoms with Crippen LogP contribution < -0.4 is 9.97 Å². The summed E-state index contributed by atoms with van der Waals surface area (Å²) in [6, 6.07) is 37.1. The van der Waals surface area contributed by atoms with Crippen molar-refractivity contribution in [2.75, 3.05) is 131 Å². The first-order valence-corrected chi connectivity index (χ1v) is 34.0. The first-order chi connectivity index (χ1) is 48.7. The van der Waals surface area contributed by atoms with Gasteiger partial charge in [-0.15, -0.1) is 22.1 Å². The molecule has 7 aromatic rings. The predicted octanol–water partition coefficient (Wildman–Crippen LogP) is 10.2. The van der Waals surface area contributed by atoms with Gasteiger partial charge < -0.3 is 68.1 Å². The van der Waals surface area contributed by atoms with Crippen molar-refractivity contribution in [2.45, 2.75) is 27.7 Å². The summed E-state index contributed by atoms with van der Waals surface area (Å²) in [6.07, 6.45) is 6.10. The van der Waals surface area contributed by atoms with E-state index in [0.29, 0.717) is 216 Å². The first kappa shape index (κ1) is 69.8. The molecule has 9 heterocycles. The average molecular weight is 1410 g/mol. The second-order valence-corrected chi connectivity index (χ2v) is 24.6. The number of carbonyl (C=O) groups is 8. The van der Waals surface area contributed by atoms with E-state index in [9.17, 15) is 38.4 Å². The third-order valence-corrected chi connectivity index (χ3v) is 18.7. The largest absolute Gasteiger partial charge is 2.00 e. The first-order valence-electron chi connectivity index (χ1n) is 34.0. The fourth-order valence-electron chi connectivity index (χ4n) is 13.3. The number of nitrogens with zero attached hydrogens (tertiary/aromatic N) is 12. The predicted molar refractivity (Wildman–Crippen MR) is 377 cm³/mol. The summed E-state index contributed by atoms with van der Waals surface area (Å²) in [4.78, 5) is 142. The summed E-state index contributed by atoms with van der Waals surface area (Å²) in [6.45, 7) is 13.5. The van der Waals surface area contributed by atoms with E-state index < -0.39 is 24.4 Å². The molecule has 0 aliphatic carbocycles. The summed E-state index contributed by atoms with van der Waals surface area (Å²) in [5, 5.41) is 0. The molecule has 8 bridgehead atoms.